The summed E-state index contributed by atoms with van der Waals surface area (Å²) in [5.41, 5.74) is -1.06. The van der Waals surface area contributed by atoms with Gasteiger partial charge >= 0.3 is 6.09 Å². The second-order valence-corrected chi connectivity index (χ2v) is 17.4. The van der Waals surface area contributed by atoms with Crippen molar-refractivity contribution in [3.63, 3.8) is 0 Å². The first-order chi connectivity index (χ1) is 24.7. The molecule has 3 N–H and O–H groups in total. The number of ether oxygens (including phenoxy) is 3. The number of likely N-dealkylation sites (tertiary alicyclic amines) is 1. The third-order valence-corrected chi connectivity index (χ3v) is 12.4. The Bertz CT molecular complexity index is 1880. The highest BCUT2D eigenvalue weighted by atomic mass is 32.2. The molecule has 52 heavy (non-hydrogen) atoms. The number of sulfonamides is 1. The second kappa shape index (κ2) is 13.4. The van der Waals surface area contributed by atoms with E-state index in [2.05, 4.69) is 32.2 Å². The number of aromatic nitrogens is 3. The first kappa shape index (κ1) is 35.7. The highest BCUT2D eigenvalue weighted by molar-refractivity contribution is 7.91. The molecule has 5 atom stereocenters. The number of nitrogens with one attached hydrogen (secondary N) is 3. The highest BCUT2D eigenvalue weighted by Crippen LogP contribution is 2.46. The molecule has 3 heterocycles. The lowest BCUT2D eigenvalue weighted by atomic mass is 9.85. The molecule has 2 aliphatic heterocycles. The van der Waals surface area contributed by atoms with E-state index >= 15 is 0 Å². The standard InChI is InChI=1S/C35H45N7O9S/c1-5-21-16-35(21,32(45)39-52(47,48)24-11-12-24)37-30(43)26-15-22(42-18-25(38-40-42)20-10-13-27-28(14-20)50-19-49-27)17-41(26)31(44)29(34(2,3)4)36-33(46)51-23-8-6-7-9-23/h5,10,13-14,18,21-24,26,29H,1,6-9,11-12,15-17,19H2,2-4H3,(H,36,46)(H,37,43)(H,39,45)/t21-,22-,26+,29-,35-/m1/s1. The molecular formula is C35H45N7O9S. The minimum Gasteiger partial charge on any atom is -0.454 e. The Kier molecular flexibility index (Phi) is 9.20. The van der Waals surface area contributed by atoms with Crippen molar-refractivity contribution in [1.29, 1.82) is 0 Å². The van der Waals surface area contributed by atoms with Gasteiger partial charge in [0.1, 0.15) is 29.4 Å². The normalized spacial score (nSPS) is 26.1. The molecule has 0 unspecified atom stereocenters. The van der Waals surface area contributed by atoms with E-state index in [-0.39, 0.29) is 32.3 Å². The fraction of sp³-hybridized carbons (Fsp3) is 0.600. The number of hydrogen-bond donors (Lipinski definition) is 3. The molecule has 0 radical (unpaired) electrons. The van der Waals surface area contributed by atoms with Gasteiger partial charge in [0, 0.05) is 24.4 Å². The number of fused-ring (bicyclic) bond motifs is 1. The van der Waals surface area contributed by atoms with Crippen LogP contribution in [0.2, 0.25) is 0 Å². The molecular weight excluding hydrogens is 694 g/mol. The van der Waals surface area contributed by atoms with Crippen LogP contribution in [0.5, 0.6) is 11.5 Å². The first-order valence-corrected chi connectivity index (χ1v) is 19.3. The summed E-state index contributed by atoms with van der Waals surface area (Å²) in [6.45, 7) is 9.35. The Labute approximate surface area is 302 Å². The summed E-state index contributed by atoms with van der Waals surface area (Å²) >= 11 is 0. The lowest BCUT2D eigenvalue weighted by molar-refractivity contribution is -0.142. The lowest BCUT2D eigenvalue weighted by Gasteiger charge is -2.35. The molecule has 1 saturated heterocycles. The van der Waals surface area contributed by atoms with Gasteiger partial charge in [0.25, 0.3) is 5.91 Å². The van der Waals surface area contributed by atoms with Crippen LogP contribution in [0, 0.1) is 11.3 Å². The molecule has 1 aromatic heterocycles. The molecule has 17 heteroatoms. The molecule has 5 aliphatic rings. The van der Waals surface area contributed by atoms with E-state index in [0.29, 0.717) is 30.0 Å². The van der Waals surface area contributed by atoms with Gasteiger partial charge in [0.05, 0.1) is 17.5 Å². The zero-order chi connectivity index (χ0) is 37.0. The largest absolute Gasteiger partial charge is 0.454 e. The zero-order valence-corrected chi connectivity index (χ0v) is 30.3. The van der Waals surface area contributed by atoms with E-state index < -0.39 is 74.1 Å². The fourth-order valence-electron chi connectivity index (χ4n) is 7.28. The maximum atomic E-state index is 14.5. The van der Waals surface area contributed by atoms with Crippen molar-refractivity contribution >= 4 is 33.8 Å². The van der Waals surface area contributed by atoms with Crippen LogP contribution in [0.25, 0.3) is 11.3 Å². The van der Waals surface area contributed by atoms with Gasteiger partial charge in [-0.2, -0.15) is 0 Å². The predicted molar refractivity (Wildman–Crippen MR) is 185 cm³/mol. The quantitative estimate of drug-likeness (QED) is 0.286. The van der Waals surface area contributed by atoms with Crippen LogP contribution in [0.3, 0.4) is 0 Å². The Balaban J connectivity index is 1.15. The number of carbonyl (C=O) groups excluding carboxylic acids is 4. The van der Waals surface area contributed by atoms with E-state index in [0.717, 1.165) is 31.2 Å². The molecule has 280 valence electrons. The van der Waals surface area contributed by atoms with Gasteiger partial charge in [-0.25, -0.2) is 17.9 Å². The average Bonchev–Trinajstić information content (AvgIpc) is 3.68. The van der Waals surface area contributed by atoms with Crippen LogP contribution in [-0.4, -0.2) is 94.4 Å². The van der Waals surface area contributed by atoms with Gasteiger partial charge in [-0.15, -0.1) is 11.7 Å². The third-order valence-electron chi connectivity index (χ3n) is 10.6. The Morgan fingerprint density at radius 3 is 2.50 bits per heavy atom. The monoisotopic (exact) mass is 739 g/mol. The maximum Gasteiger partial charge on any atom is 0.408 e. The lowest BCUT2D eigenvalue weighted by Crippen LogP contribution is -2.60. The summed E-state index contributed by atoms with van der Waals surface area (Å²) in [5.74, 6) is -1.30. The van der Waals surface area contributed by atoms with Gasteiger partial charge in [-0.05, 0) is 68.6 Å². The van der Waals surface area contributed by atoms with Gasteiger partial charge in [-0.1, -0.05) is 32.1 Å². The number of amides is 4. The molecule has 3 aliphatic carbocycles. The Hall–Kier alpha value is -4.67. The molecule has 0 spiro atoms. The van der Waals surface area contributed by atoms with Crippen LogP contribution in [0.15, 0.2) is 37.1 Å². The van der Waals surface area contributed by atoms with E-state index in [4.69, 9.17) is 14.2 Å². The van der Waals surface area contributed by atoms with Crippen molar-refractivity contribution in [3.8, 4) is 22.8 Å². The highest BCUT2D eigenvalue weighted by Gasteiger charge is 2.62. The minimum absolute atomic E-state index is 0.0347. The van der Waals surface area contributed by atoms with E-state index in [1.807, 2.05) is 26.8 Å². The first-order valence-electron chi connectivity index (χ1n) is 17.8. The summed E-state index contributed by atoms with van der Waals surface area (Å²) in [6, 6.07) is 2.70. The van der Waals surface area contributed by atoms with Crippen LogP contribution >= 0.6 is 0 Å². The molecule has 4 fully saturated rings. The van der Waals surface area contributed by atoms with Crippen LogP contribution < -0.4 is 24.8 Å². The Morgan fingerprint density at radius 2 is 1.83 bits per heavy atom. The second-order valence-electron chi connectivity index (χ2n) is 15.5. The van der Waals surface area contributed by atoms with Crippen LogP contribution in [0.1, 0.15) is 78.2 Å². The molecule has 4 amide bonds. The number of rotatable bonds is 11. The maximum absolute atomic E-state index is 14.5. The fourth-order valence-corrected chi connectivity index (χ4v) is 8.65. The topological polar surface area (TPSA) is 200 Å². The number of hydrogen-bond acceptors (Lipinski definition) is 11. The number of benzene rings is 1. The van der Waals surface area contributed by atoms with Crippen molar-refractivity contribution in [2.45, 2.75) is 107 Å². The molecule has 16 nitrogen and oxygen atoms in total. The molecule has 7 rings (SSSR count). The minimum atomic E-state index is -3.89. The van der Waals surface area contributed by atoms with Gasteiger partial charge in [0.2, 0.25) is 28.6 Å². The van der Waals surface area contributed by atoms with Crippen LogP contribution in [0.4, 0.5) is 4.79 Å². The number of carbonyl (C=O) groups is 4. The van der Waals surface area contributed by atoms with Crippen molar-refractivity contribution in [1.82, 2.24) is 35.2 Å². The predicted octanol–water partition coefficient (Wildman–Crippen LogP) is 2.57. The summed E-state index contributed by atoms with van der Waals surface area (Å²) in [7, 11) is -3.89. The van der Waals surface area contributed by atoms with Gasteiger partial charge in [0.15, 0.2) is 11.5 Å². The zero-order valence-electron chi connectivity index (χ0n) is 29.5. The van der Waals surface area contributed by atoms with Crippen molar-refractivity contribution in [2.75, 3.05) is 13.3 Å². The van der Waals surface area contributed by atoms with E-state index in [9.17, 15) is 27.6 Å². The summed E-state index contributed by atoms with van der Waals surface area (Å²) in [6.07, 6.45) is 6.90. The van der Waals surface area contributed by atoms with Gasteiger partial charge in [-0.3, -0.25) is 19.1 Å². The average molecular weight is 740 g/mol. The summed E-state index contributed by atoms with van der Waals surface area (Å²) in [5, 5.41) is 13.6. The molecule has 2 aromatic rings. The smallest absolute Gasteiger partial charge is 0.408 e. The summed E-state index contributed by atoms with van der Waals surface area (Å²) in [4.78, 5) is 56.7. The van der Waals surface area contributed by atoms with E-state index in [1.165, 1.54) is 11.0 Å². The SMILES string of the molecule is C=C[C@@H]1C[C@]1(NC(=O)[C@@H]1C[C@@H](n2cc(-c3ccc4c(c3)OCO4)nn2)CN1C(=O)[C@@H](NC(=O)OC1CCCC1)C(C)(C)C)C(=O)NS(=O)(=O)C1CC1. The van der Waals surface area contributed by atoms with E-state index in [1.54, 1.807) is 23.0 Å². The number of alkyl carbamates (subject to hydrolysis) is 1. The number of nitrogens with zero attached hydrogens (tertiary/aromatic N) is 4. The summed E-state index contributed by atoms with van der Waals surface area (Å²) < 4.78 is 45.7. The Morgan fingerprint density at radius 1 is 1.10 bits per heavy atom. The van der Waals surface area contributed by atoms with Gasteiger partial charge < -0.3 is 29.7 Å². The van der Waals surface area contributed by atoms with Crippen molar-refractivity contribution in [3.05, 3.63) is 37.1 Å². The molecule has 1 aromatic carbocycles. The molecule has 3 saturated carbocycles. The van der Waals surface area contributed by atoms with Crippen molar-refractivity contribution < 1.29 is 41.8 Å². The molecule has 0 bridgehead atoms. The van der Waals surface area contributed by atoms with Crippen molar-refractivity contribution in [2.24, 2.45) is 11.3 Å². The van der Waals surface area contributed by atoms with Crippen LogP contribution in [-0.2, 0) is 29.1 Å². The third kappa shape index (κ3) is 7.06.